The van der Waals surface area contributed by atoms with Crippen molar-refractivity contribution in [3.8, 4) is 0 Å². The van der Waals surface area contributed by atoms with Gasteiger partial charge in [0.25, 0.3) is 0 Å². The SMILES string of the molecule is CCCC/C=C/C(O)C(COP(=O)(O)OCC[N+](C)(C)C)NC(=O)CCCCCCCCCCCCCCCCCCCCCCCCC. The molecule has 0 aliphatic heterocycles. The zero-order valence-electron chi connectivity index (χ0n) is 32.9. The lowest BCUT2D eigenvalue weighted by molar-refractivity contribution is -0.870. The molecule has 0 aliphatic carbocycles. The molecule has 0 rings (SSSR count). The number of allylic oxidation sites excluding steroid dienone is 1. The first-order chi connectivity index (χ1) is 23.5. The highest BCUT2D eigenvalue weighted by atomic mass is 31.2. The third kappa shape index (κ3) is 35.4. The first-order valence-corrected chi connectivity index (χ1v) is 22.1. The number of aliphatic hydroxyl groups is 1. The summed E-state index contributed by atoms with van der Waals surface area (Å²) in [7, 11) is 1.57. The molecule has 0 saturated heterocycles. The number of carbonyl (C=O) groups is 1. The van der Waals surface area contributed by atoms with Crippen LogP contribution in [0.15, 0.2) is 12.2 Å². The smallest absolute Gasteiger partial charge is 0.387 e. The largest absolute Gasteiger partial charge is 0.472 e. The Hall–Kier alpha value is -0.760. The average Bonchev–Trinajstić information content (AvgIpc) is 3.04. The maximum Gasteiger partial charge on any atom is 0.472 e. The standard InChI is InChI=1S/C40H81N2O6P/c1-6-8-10-12-13-14-15-16-17-18-19-20-21-22-23-24-25-26-27-28-29-30-32-34-40(44)41-38(39(43)33-31-11-9-7-2)37-48-49(45,46)47-36-35-42(3,4)5/h31,33,38-39,43H,6-30,32,34-37H2,1-5H3,(H-,41,44,45,46)/p+1/b33-31+. The van der Waals surface area contributed by atoms with Crippen molar-refractivity contribution in [1.82, 2.24) is 5.32 Å². The molecular weight excluding hydrogens is 635 g/mol. The summed E-state index contributed by atoms with van der Waals surface area (Å²) in [5.74, 6) is -0.183. The number of phosphoric ester groups is 1. The van der Waals surface area contributed by atoms with Crippen LogP contribution in [0.1, 0.15) is 187 Å². The van der Waals surface area contributed by atoms with E-state index in [9.17, 15) is 19.4 Å². The van der Waals surface area contributed by atoms with Crippen LogP contribution in [-0.4, -0.2) is 73.4 Å². The van der Waals surface area contributed by atoms with Gasteiger partial charge in [0.05, 0.1) is 39.9 Å². The summed E-state index contributed by atoms with van der Waals surface area (Å²) >= 11 is 0. The topological polar surface area (TPSA) is 105 Å². The molecule has 0 bridgehead atoms. The van der Waals surface area contributed by atoms with Crippen LogP contribution in [0, 0.1) is 0 Å². The van der Waals surface area contributed by atoms with Crippen LogP contribution in [0.5, 0.6) is 0 Å². The fourth-order valence-electron chi connectivity index (χ4n) is 5.91. The molecule has 3 atom stereocenters. The third-order valence-corrected chi connectivity index (χ3v) is 10.2. The number of likely N-dealkylation sites (N-methyl/N-ethyl adjacent to an activating group) is 1. The van der Waals surface area contributed by atoms with E-state index in [1.54, 1.807) is 6.08 Å². The maximum atomic E-state index is 12.7. The van der Waals surface area contributed by atoms with E-state index < -0.39 is 20.0 Å². The number of phosphoric acid groups is 1. The number of nitrogens with zero attached hydrogens (tertiary/aromatic N) is 1. The lowest BCUT2D eigenvalue weighted by Crippen LogP contribution is -2.45. The van der Waals surface area contributed by atoms with Crippen molar-refractivity contribution in [3.05, 3.63) is 12.2 Å². The van der Waals surface area contributed by atoms with Crippen molar-refractivity contribution in [1.29, 1.82) is 0 Å². The number of quaternary nitrogens is 1. The van der Waals surface area contributed by atoms with Gasteiger partial charge in [-0.25, -0.2) is 4.57 Å². The van der Waals surface area contributed by atoms with E-state index in [0.29, 0.717) is 17.4 Å². The average molecular weight is 718 g/mol. The minimum Gasteiger partial charge on any atom is -0.387 e. The monoisotopic (exact) mass is 718 g/mol. The molecule has 0 aromatic heterocycles. The lowest BCUT2D eigenvalue weighted by atomic mass is 10.0. The van der Waals surface area contributed by atoms with Crippen LogP contribution in [0.4, 0.5) is 0 Å². The number of unbranched alkanes of at least 4 members (excludes halogenated alkanes) is 24. The quantitative estimate of drug-likeness (QED) is 0.0256. The summed E-state index contributed by atoms with van der Waals surface area (Å²) < 4.78 is 23.3. The van der Waals surface area contributed by atoms with Crippen molar-refractivity contribution in [2.75, 3.05) is 40.9 Å². The number of hydrogen-bond donors (Lipinski definition) is 3. The maximum absolute atomic E-state index is 12.7. The predicted molar refractivity (Wildman–Crippen MR) is 208 cm³/mol. The number of rotatable bonds is 37. The second kappa shape index (κ2) is 33.1. The first-order valence-electron chi connectivity index (χ1n) is 20.6. The van der Waals surface area contributed by atoms with Gasteiger partial charge in [-0.05, 0) is 12.8 Å². The van der Waals surface area contributed by atoms with Crippen molar-refractivity contribution < 1.29 is 32.9 Å². The van der Waals surface area contributed by atoms with E-state index in [-0.39, 0.29) is 19.1 Å². The Morgan fingerprint density at radius 2 is 1.08 bits per heavy atom. The van der Waals surface area contributed by atoms with E-state index in [1.165, 1.54) is 128 Å². The molecule has 3 N–H and O–H groups in total. The van der Waals surface area contributed by atoms with Crippen LogP contribution in [0.25, 0.3) is 0 Å². The molecule has 3 unspecified atom stereocenters. The minimum atomic E-state index is -4.31. The molecule has 0 saturated carbocycles. The van der Waals surface area contributed by atoms with E-state index in [2.05, 4.69) is 19.2 Å². The van der Waals surface area contributed by atoms with Crippen molar-refractivity contribution in [2.45, 2.75) is 199 Å². The lowest BCUT2D eigenvalue weighted by Gasteiger charge is -2.25. The highest BCUT2D eigenvalue weighted by molar-refractivity contribution is 7.47. The first kappa shape index (κ1) is 48.2. The molecule has 0 heterocycles. The van der Waals surface area contributed by atoms with Gasteiger partial charge in [0.15, 0.2) is 0 Å². The Bertz CT molecular complexity index is 819. The molecule has 8 nitrogen and oxygen atoms in total. The number of amides is 1. The molecule has 0 fully saturated rings. The molecule has 0 aliphatic rings. The third-order valence-electron chi connectivity index (χ3n) is 9.26. The van der Waals surface area contributed by atoms with Gasteiger partial charge in [-0.3, -0.25) is 13.8 Å². The zero-order valence-corrected chi connectivity index (χ0v) is 33.8. The molecular formula is C40H82N2O6P+. The molecule has 0 spiro atoms. The number of carbonyl (C=O) groups excluding carboxylic acids is 1. The zero-order chi connectivity index (χ0) is 36.5. The molecule has 0 radical (unpaired) electrons. The van der Waals surface area contributed by atoms with Gasteiger partial charge in [-0.2, -0.15) is 0 Å². The van der Waals surface area contributed by atoms with Gasteiger partial charge in [0.2, 0.25) is 5.91 Å². The molecule has 0 aromatic carbocycles. The Balaban J connectivity index is 3.95. The van der Waals surface area contributed by atoms with Gasteiger partial charge in [0.1, 0.15) is 13.2 Å². The Morgan fingerprint density at radius 1 is 0.673 bits per heavy atom. The van der Waals surface area contributed by atoms with Gasteiger partial charge < -0.3 is 19.8 Å². The van der Waals surface area contributed by atoms with Crippen molar-refractivity contribution in [2.24, 2.45) is 0 Å². The van der Waals surface area contributed by atoms with Crippen molar-refractivity contribution >= 4 is 13.7 Å². The summed E-state index contributed by atoms with van der Waals surface area (Å²) in [4.78, 5) is 22.8. The van der Waals surface area contributed by atoms with Gasteiger partial charge in [0, 0.05) is 6.42 Å². The fourth-order valence-corrected chi connectivity index (χ4v) is 6.65. The normalized spacial score (nSPS) is 14.7. The Labute approximate surface area is 303 Å². The number of hydrogen-bond acceptors (Lipinski definition) is 5. The Morgan fingerprint density at radius 3 is 1.49 bits per heavy atom. The number of nitrogens with one attached hydrogen (secondary N) is 1. The summed E-state index contributed by atoms with van der Waals surface area (Å²) in [6.07, 6.45) is 36.3. The Kier molecular flexibility index (Phi) is 32.6. The molecule has 49 heavy (non-hydrogen) atoms. The summed E-state index contributed by atoms with van der Waals surface area (Å²) in [6.45, 7) is 4.67. The summed E-state index contributed by atoms with van der Waals surface area (Å²) in [6, 6.07) is -0.836. The second-order valence-corrected chi connectivity index (χ2v) is 16.8. The summed E-state index contributed by atoms with van der Waals surface area (Å²) in [5, 5.41) is 13.5. The molecule has 0 aromatic rings. The molecule has 9 heteroatoms. The van der Waals surface area contributed by atoms with Crippen LogP contribution in [0.3, 0.4) is 0 Å². The molecule has 292 valence electrons. The molecule has 1 amide bonds. The second-order valence-electron chi connectivity index (χ2n) is 15.4. The van der Waals surface area contributed by atoms with Crippen LogP contribution >= 0.6 is 7.82 Å². The van der Waals surface area contributed by atoms with Crippen LogP contribution in [-0.2, 0) is 18.4 Å². The van der Waals surface area contributed by atoms with Gasteiger partial charge in [-0.1, -0.05) is 180 Å². The van der Waals surface area contributed by atoms with Gasteiger partial charge >= 0.3 is 7.82 Å². The predicted octanol–water partition coefficient (Wildman–Crippen LogP) is 10.8. The summed E-state index contributed by atoms with van der Waals surface area (Å²) in [5.41, 5.74) is 0. The van der Waals surface area contributed by atoms with Gasteiger partial charge in [-0.15, -0.1) is 0 Å². The van der Waals surface area contributed by atoms with Crippen LogP contribution in [0.2, 0.25) is 0 Å². The van der Waals surface area contributed by atoms with E-state index >= 15 is 0 Å². The highest BCUT2D eigenvalue weighted by Gasteiger charge is 2.27. The van der Waals surface area contributed by atoms with E-state index in [1.807, 2.05) is 27.2 Å². The van der Waals surface area contributed by atoms with E-state index in [4.69, 9.17) is 9.05 Å². The van der Waals surface area contributed by atoms with Crippen molar-refractivity contribution in [3.63, 3.8) is 0 Å². The highest BCUT2D eigenvalue weighted by Crippen LogP contribution is 2.43. The fraction of sp³-hybridized carbons (Fsp3) is 0.925. The van der Waals surface area contributed by atoms with E-state index in [0.717, 1.165) is 38.5 Å². The minimum absolute atomic E-state index is 0.0628. The van der Waals surface area contributed by atoms with Crippen LogP contribution < -0.4 is 5.32 Å². The number of aliphatic hydroxyl groups excluding tert-OH is 1.